The minimum atomic E-state index is -5.08. The molecule has 0 unspecified atom stereocenters. The summed E-state index contributed by atoms with van der Waals surface area (Å²) in [6, 6.07) is 12.3. The van der Waals surface area contributed by atoms with Crippen LogP contribution >= 0.6 is 7.60 Å². The summed E-state index contributed by atoms with van der Waals surface area (Å²) in [5.41, 5.74) is 2.88. The molecule has 0 saturated carbocycles. The van der Waals surface area contributed by atoms with Crippen LogP contribution in [0.15, 0.2) is 54.9 Å². The number of hydrogen-bond donors (Lipinski definition) is 7. The smallest absolute Gasteiger partial charge is 0.475 e. The number of amides is 2. The molecule has 276 valence electrons. The van der Waals surface area contributed by atoms with E-state index >= 15 is 0 Å². The molecule has 1 aromatic carbocycles. The van der Waals surface area contributed by atoms with Crippen LogP contribution in [0.3, 0.4) is 0 Å². The minimum Gasteiger partial charge on any atom is -0.475 e. The first-order chi connectivity index (χ1) is 23.1. The molecule has 2 amide bonds. The number of aliphatic carboxylic acids is 2. The van der Waals surface area contributed by atoms with Crippen molar-refractivity contribution in [2.45, 2.75) is 56.7 Å². The van der Waals surface area contributed by atoms with Crippen LogP contribution in [0.25, 0.3) is 10.9 Å². The number of nitrogens with zero attached hydrogens (tertiary/aromatic N) is 2. The second-order valence-corrected chi connectivity index (χ2v) is 12.7. The summed E-state index contributed by atoms with van der Waals surface area (Å²) >= 11 is 0. The standard InChI is InChI=1S/C25H32N5O5P.2C2HF3O2/c1-17(24(31)27-16-21-13-20-15-26-9-7-22(20)29-21)28-25(32)23-14-19(18-5-3-2-4-6-18)8-10-30(23)11-12-36(33,34)35;2*3-2(4,5)1(6)7/h2-7,9,13,15,17,19,23,29H,8,10-12,14,16H2,1H3,(H,27,31)(H,28,32)(H2,33,34,35);2*(H,6,7)/t17-,19-,23+;;/m0../s1. The molecule has 3 heterocycles. The molecule has 7 N–H and O–H groups in total. The Hall–Kier alpha value is -4.52. The number of benzene rings is 1. The lowest BCUT2D eigenvalue weighted by atomic mass is 9.85. The molecule has 0 radical (unpaired) electrons. The number of carbonyl (C=O) groups excluding carboxylic acids is 2. The van der Waals surface area contributed by atoms with Crippen molar-refractivity contribution in [3.63, 3.8) is 0 Å². The van der Waals surface area contributed by atoms with Crippen molar-refractivity contribution in [1.29, 1.82) is 0 Å². The van der Waals surface area contributed by atoms with Crippen molar-refractivity contribution in [1.82, 2.24) is 25.5 Å². The number of hydrogen-bond acceptors (Lipinski definition) is 7. The van der Waals surface area contributed by atoms with E-state index in [1.54, 1.807) is 19.3 Å². The lowest BCUT2D eigenvalue weighted by Crippen LogP contribution is -2.55. The predicted octanol–water partition coefficient (Wildman–Crippen LogP) is 3.38. The Morgan fingerprint density at radius 1 is 1.02 bits per heavy atom. The van der Waals surface area contributed by atoms with Gasteiger partial charge in [-0.1, -0.05) is 30.3 Å². The van der Waals surface area contributed by atoms with Gasteiger partial charge in [0.15, 0.2) is 0 Å². The number of rotatable bonds is 9. The predicted molar refractivity (Wildman–Crippen MR) is 164 cm³/mol. The molecule has 1 aliphatic rings. The molecule has 4 rings (SSSR count). The Morgan fingerprint density at radius 3 is 2.12 bits per heavy atom. The number of likely N-dealkylation sites (tertiary alicyclic amines) is 1. The number of H-pyrrole nitrogens is 1. The van der Waals surface area contributed by atoms with Gasteiger partial charge in [-0.15, -0.1) is 0 Å². The Kier molecular flexibility index (Phi) is 14.9. The van der Waals surface area contributed by atoms with Crippen LogP contribution in [0.5, 0.6) is 0 Å². The number of alkyl halides is 6. The summed E-state index contributed by atoms with van der Waals surface area (Å²) in [6.07, 6.45) is -5.76. The topological polar surface area (TPSA) is 222 Å². The zero-order chi connectivity index (χ0) is 37.9. The zero-order valence-corrected chi connectivity index (χ0v) is 27.0. The number of halogens is 6. The maximum Gasteiger partial charge on any atom is 0.490 e. The van der Waals surface area contributed by atoms with Crippen molar-refractivity contribution in [2.75, 3.05) is 19.3 Å². The van der Waals surface area contributed by atoms with E-state index < -0.39 is 44.0 Å². The molecule has 1 fully saturated rings. The first-order valence-corrected chi connectivity index (χ1v) is 16.3. The number of carboxylic acid groups (broad SMARTS) is 2. The van der Waals surface area contributed by atoms with Crippen molar-refractivity contribution < 1.29 is 70.1 Å². The van der Waals surface area contributed by atoms with E-state index in [-0.39, 0.29) is 37.0 Å². The van der Waals surface area contributed by atoms with Crippen LogP contribution < -0.4 is 10.6 Å². The number of aromatic amines is 1. The molecule has 0 bridgehead atoms. The van der Waals surface area contributed by atoms with E-state index in [1.165, 1.54) is 0 Å². The fraction of sp³-hybridized carbons (Fsp3) is 0.414. The Balaban J connectivity index is 0.000000521. The highest BCUT2D eigenvalue weighted by molar-refractivity contribution is 7.51. The summed E-state index contributed by atoms with van der Waals surface area (Å²) in [4.78, 5) is 71.6. The molecule has 2 aromatic heterocycles. The number of piperidine rings is 1. The van der Waals surface area contributed by atoms with Crippen LogP contribution in [0.1, 0.15) is 36.9 Å². The lowest BCUT2D eigenvalue weighted by Gasteiger charge is -2.39. The third-order valence-corrected chi connectivity index (χ3v) is 7.91. The van der Waals surface area contributed by atoms with Gasteiger partial charge in [-0.25, -0.2) is 9.59 Å². The number of pyridine rings is 1. The maximum atomic E-state index is 13.3. The quantitative estimate of drug-likeness (QED) is 0.124. The Morgan fingerprint density at radius 2 is 1.60 bits per heavy atom. The average Bonchev–Trinajstić information content (AvgIpc) is 3.45. The summed E-state index contributed by atoms with van der Waals surface area (Å²) in [5, 5.41) is 20.8. The van der Waals surface area contributed by atoms with Crippen LogP contribution in [0.2, 0.25) is 0 Å². The second kappa shape index (κ2) is 17.9. The van der Waals surface area contributed by atoms with Crippen LogP contribution in [-0.2, 0) is 30.3 Å². The summed E-state index contributed by atoms with van der Waals surface area (Å²) in [5.74, 6) is -6.01. The van der Waals surface area contributed by atoms with Gasteiger partial charge in [0.05, 0.1) is 18.7 Å². The first kappa shape index (κ1) is 41.7. The Bertz CT molecular complexity index is 1590. The average molecular weight is 742 g/mol. The van der Waals surface area contributed by atoms with E-state index in [0.29, 0.717) is 13.0 Å². The molecule has 3 atom stereocenters. The minimum absolute atomic E-state index is 0.111. The second-order valence-electron chi connectivity index (χ2n) is 10.9. The van der Waals surface area contributed by atoms with Gasteiger partial charge < -0.3 is 35.6 Å². The van der Waals surface area contributed by atoms with E-state index in [9.17, 15) is 50.3 Å². The molecule has 50 heavy (non-hydrogen) atoms. The molecule has 3 aromatic rings. The van der Waals surface area contributed by atoms with E-state index in [1.807, 2.05) is 47.4 Å². The van der Waals surface area contributed by atoms with E-state index in [2.05, 4.69) is 20.6 Å². The van der Waals surface area contributed by atoms with Gasteiger partial charge in [-0.05, 0) is 49.9 Å². The largest absolute Gasteiger partial charge is 0.490 e. The number of nitrogens with one attached hydrogen (secondary N) is 3. The van der Waals surface area contributed by atoms with Gasteiger partial charge in [-0.2, -0.15) is 26.3 Å². The van der Waals surface area contributed by atoms with Crippen molar-refractivity contribution in [3.8, 4) is 0 Å². The summed E-state index contributed by atoms with van der Waals surface area (Å²) < 4.78 is 74.9. The highest BCUT2D eigenvalue weighted by atomic mass is 31.2. The molecule has 1 aliphatic heterocycles. The molecule has 0 aliphatic carbocycles. The molecule has 14 nitrogen and oxygen atoms in total. The van der Waals surface area contributed by atoms with Crippen molar-refractivity contribution >= 4 is 42.3 Å². The van der Waals surface area contributed by atoms with Crippen LogP contribution in [0.4, 0.5) is 26.3 Å². The van der Waals surface area contributed by atoms with Crippen molar-refractivity contribution in [3.05, 3.63) is 66.1 Å². The Labute approximate surface area is 280 Å². The molecule has 21 heteroatoms. The summed E-state index contributed by atoms with van der Waals surface area (Å²) in [7, 11) is -4.20. The molecule has 0 spiro atoms. The van der Waals surface area contributed by atoms with E-state index in [4.69, 9.17) is 19.8 Å². The fourth-order valence-corrected chi connectivity index (χ4v) is 5.20. The fourth-order valence-electron chi connectivity index (χ4n) is 4.68. The third kappa shape index (κ3) is 14.1. The number of carbonyl (C=O) groups is 4. The SMILES string of the molecule is C[C@H](NC(=O)[C@H]1C[C@@H](c2ccccc2)CCN1CCP(=O)(O)O)C(=O)NCc1cc2cnccc2[nH]1.O=C(O)C(F)(F)F.O=C(O)C(F)(F)F. The first-order valence-electron chi connectivity index (χ1n) is 14.5. The lowest BCUT2D eigenvalue weighted by molar-refractivity contribution is -0.193. The monoisotopic (exact) mass is 741 g/mol. The third-order valence-electron chi connectivity index (χ3n) is 7.13. The summed E-state index contributed by atoms with van der Waals surface area (Å²) in [6.45, 7) is 2.55. The normalized spacial score (nSPS) is 17.3. The number of fused-ring (bicyclic) bond motifs is 1. The van der Waals surface area contributed by atoms with Gasteiger partial charge in [0.25, 0.3) is 0 Å². The van der Waals surface area contributed by atoms with Gasteiger partial charge in [0.1, 0.15) is 6.04 Å². The zero-order valence-electron chi connectivity index (χ0n) is 26.1. The highest BCUT2D eigenvalue weighted by Gasteiger charge is 2.39. The van der Waals surface area contributed by atoms with Gasteiger partial charge in [0, 0.05) is 35.5 Å². The molecule has 1 saturated heterocycles. The molecular formula is C29H34F6N5O9P. The van der Waals surface area contributed by atoms with Crippen LogP contribution in [-0.4, -0.2) is 102 Å². The highest BCUT2D eigenvalue weighted by Crippen LogP contribution is 2.36. The van der Waals surface area contributed by atoms with Crippen LogP contribution in [0, 0.1) is 0 Å². The van der Waals surface area contributed by atoms with Gasteiger partial charge in [0.2, 0.25) is 11.8 Å². The van der Waals surface area contributed by atoms with Gasteiger partial charge in [-0.3, -0.25) is 24.0 Å². The van der Waals surface area contributed by atoms with E-state index in [0.717, 1.165) is 28.6 Å². The van der Waals surface area contributed by atoms with Crippen molar-refractivity contribution in [2.24, 2.45) is 0 Å². The van der Waals surface area contributed by atoms with Gasteiger partial charge >= 0.3 is 31.9 Å². The maximum absolute atomic E-state index is 13.3. The number of carboxylic acids is 2. The number of aromatic nitrogens is 2. The molecular weight excluding hydrogens is 707 g/mol.